The number of halogens is 1. The molecule has 2 amide bonds. The number of hydrogen-bond donors (Lipinski definition) is 1. The maximum atomic E-state index is 12.2. The third-order valence-corrected chi connectivity index (χ3v) is 3.90. The van der Waals surface area contributed by atoms with E-state index in [1.165, 1.54) is 0 Å². The standard InChI is InChI=1S/C14H19BrN2O2/c1-3-11-9-17(6-7-19-11)14(18)16-13-5-4-10(2)8-12(13)15/h4-5,8,11H,3,6-7,9H2,1-2H3,(H,16,18). The van der Waals surface area contributed by atoms with Crippen LogP contribution in [0, 0.1) is 6.92 Å². The predicted octanol–water partition coefficient (Wildman–Crippen LogP) is 3.40. The first kappa shape index (κ1) is 14.3. The third-order valence-electron chi connectivity index (χ3n) is 3.25. The highest BCUT2D eigenvalue weighted by atomic mass is 79.9. The number of nitrogens with zero attached hydrogens (tertiary/aromatic N) is 1. The molecule has 0 spiro atoms. The Kier molecular flexibility index (Phi) is 4.82. The molecule has 5 heteroatoms. The second kappa shape index (κ2) is 6.39. The molecule has 104 valence electrons. The van der Waals surface area contributed by atoms with Gasteiger partial charge >= 0.3 is 6.03 Å². The summed E-state index contributed by atoms with van der Waals surface area (Å²) in [5.74, 6) is 0. The zero-order chi connectivity index (χ0) is 13.8. The highest BCUT2D eigenvalue weighted by molar-refractivity contribution is 9.10. The first-order valence-electron chi connectivity index (χ1n) is 6.54. The van der Waals surface area contributed by atoms with Gasteiger partial charge in [-0.15, -0.1) is 0 Å². The number of hydrogen-bond acceptors (Lipinski definition) is 2. The molecule has 1 N–H and O–H groups in total. The fourth-order valence-corrected chi connectivity index (χ4v) is 2.66. The number of morpholine rings is 1. The molecule has 19 heavy (non-hydrogen) atoms. The Labute approximate surface area is 122 Å². The number of urea groups is 1. The molecule has 0 radical (unpaired) electrons. The summed E-state index contributed by atoms with van der Waals surface area (Å²) in [5.41, 5.74) is 1.96. The van der Waals surface area contributed by atoms with Crippen LogP contribution >= 0.6 is 15.9 Å². The van der Waals surface area contributed by atoms with Crippen molar-refractivity contribution >= 4 is 27.6 Å². The summed E-state index contributed by atoms with van der Waals surface area (Å²) in [6.07, 6.45) is 1.08. The lowest BCUT2D eigenvalue weighted by atomic mass is 10.2. The molecule has 1 aliphatic rings. The number of carbonyl (C=O) groups excluding carboxylic acids is 1. The van der Waals surface area contributed by atoms with Crippen LogP contribution in [0.4, 0.5) is 10.5 Å². The molecule has 1 unspecified atom stereocenters. The van der Waals surface area contributed by atoms with E-state index >= 15 is 0 Å². The van der Waals surface area contributed by atoms with E-state index in [-0.39, 0.29) is 12.1 Å². The van der Waals surface area contributed by atoms with E-state index in [0.717, 1.165) is 22.1 Å². The highest BCUT2D eigenvalue weighted by Crippen LogP contribution is 2.24. The summed E-state index contributed by atoms with van der Waals surface area (Å²) in [4.78, 5) is 14.0. The van der Waals surface area contributed by atoms with Crippen LogP contribution in [0.2, 0.25) is 0 Å². The molecular weight excluding hydrogens is 308 g/mol. The summed E-state index contributed by atoms with van der Waals surface area (Å²) in [6, 6.07) is 5.82. The Balaban J connectivity index is 2.00. The van der Waals surface area contributed by atoms with E-state index in [2.05, 4.69) is 28.2 Å². The molecule has 1 atom stereocenters. The van der Waals surface area contributed by atoms with E-state index in [4.69, 9.17) is 4.74 Å². The van der Waals surface area contributed by atoms with Crippen molar-refractivity contribution in [3.8, 4) is 0 Å². The van der Waals surface area contributed by atoms with Gasteiger partial charge in [-0.3, -0.25) is 0 Å². The fourth-order valence-electron chi connectivity index (χ4n) is 2.07. The number of anilines is 1. The van der Waals surface area contributed by atoms with E-state index in [0.29, 0.717) is 19.7 Å². The van der Waals surface area contributed by atoms with Crippen molar-refractivity contribution < 1.29 is 9.53 Å². The maximum absolute atomic E-state index is 12.2. The van der Waals surface area contributed by atoms with Crippen molar-refractivity contribution in [2.24, 2.45) is 0 Å². The largest absolute Gasteiger partial charge is 0.375 e. The molecule has 1 fully saturated rings. The Hall–Kier alpha value is -1.07. The van der Waals surface area contributed by atoms with Gasteiger partial charge in [0.05, 0.1) is 18.4 Å². The van der Waals surface area contributed by atoms with Crippen LogP contribution in [-0.2, 0) is 4.74 Å². The first-order valence-corrected chi connectivity index (χ1v) is 7.33. The topological polar surface area (TPSA) is 41.6 Å². The average Bonchev–Trinajstić information content (AvgIpc) is 2.42. The number of rotatable bonds is 2. The fraction of sp³-hybridized carbons (Fsp3) is 0.500. The summed E-state index contributed by atoms with van der Waals surface area (Å²) in [7, 11) is 0. The Morgan fingerprint density at radius 3 is 3.05 bits per heavy atom. The number of aryl methyl sites for hydroxylation is 1. The summed E-state index contributed by atoms with van der Waals surface area (Å²) in [6.45, 7) is 6.01. The minimum absolute atomic E-state index is 0.0636. The monoisotopic (exact) mass is 326 g/mol. The van der Waals surface area contributed by atoms with Crippen LogP contribution in [0.15, 0.2) is 22.7 Å². The molecule has 1 aromatic rings. The van der Waals surface area contributed by atoms with Gasteiger partial charge in [0.1, 0.15) is 0 Å². The van der Waals surface area contributed by atoms with Crippen molar-refractivity contribution in [1.29, 1.82) is 0 Å². The van der Waals surface area contributed by atoms with E-state index in [1.54, 1.807) is 0 Å². The summed E-state index contributed by atoms with van der Waals surface area (Å²) >= 11 is 3.47. The highest BCUT2D eigenvalue weighted by Gasteiger charge is 2.23. The maximum Gasteiger partial charge on any atom is 0.322 e. The zero-order valence-electron chi connectivity index (χ0n) is 11.3. The van der Waals surface area contributed by atoms with Gasteiger partial charge in [-0.2, -0.15) is 0 Å². The molecule has 0 bridgehead atoms. The van der Waals surface area contributed by atoms with Gasteiger partial charge in [-0.1, -0.05) is 13.0 Å². The molecular formula is C14H19BrN2O2. The summed E-state index contributed by atoms with van der Waals surface area (Å²) < 4.78 is 6.47. The molecule has 4 nitrogen and oxygen atoms in total. The van der Waals surface area contributed by atoms with Gasteiger partial charge in [-0.05, 0) is 47.0 Å². The SMILES string of the molecule is CCC1CN(C(=O)Nc2ccc(C)cc2Br)CCO1. The second-order valence-electron chi connectivity index (χ2n) is 4.76. The van der Waals surface area contributed by atoms with Gasteiger partial charge in [-0.25, -0.2) is 4.79 Å². The van der Waals surface area contributed by atoms with Crippen molar-refractivity contribution in [2.75, 3.05) is 25.0 Å². The number of carbonyl (C=O) groups is 1. The van der Waals surface area contributed by atoms with Crippen LogP contribution in [0.3, 0.4) is 0 Å². The Morgan fingerprint density at radius 2 is 2.37 bits per heavy atom. The van der Waals surface area contributed by atoms with Crippen LogP contribution in [0.25, 0.3) is 0 Å². The molecule has 2 rings (SSSR count). The van der Waals surface area contributed by atoms with Crippen LogP contribution in [0.5, 0.6) is 0 Å². The van der Waals surface area contributed by atoms with Gasteiger partial charge < -0.3 is 15.0 Å². The van der Waals surface area contributed by atoms with Crippen molar-refractivity contribution in [3.63, 3.8) is 0 Å². The van der Waals surface area contributed by atoms with Crippen LogP contribution in [0.1, 0.15) is 18.9 Å². The number of ether oxygens (including phenoxy) is 1. The lowest BCUT2D eigenvalue weighted by Crippen LogP contribution is -2.47. The minimum Gasteiger partial charge on any atom is -0.375 e. The lowest BCUT2D eigenvalue weighted by Gasteiger charge is -2.32. The third kappa shape index (κ3) is 3.70. The van der Waals surface area contributed by atoms with E-state index in [1.807, 2.05) is 30.0 Å². The molecule has 1 heterocycles. The predicted molar refractivity (Wildman–Crippen MR) is 79.5 cm³/mol. The van der Waals surface area contributed by atoms with Gasteiger partial charge in [0.25, 0.3) is 0 Å². The normalized spacial score (nSPS) is 19.3. The van der Waals surface area contributed by atoms with Crippen LogP contribution < -0.4 is 5.32 Å². The van der Waals surface area contributed by atoms with Crippen molar-refractivity contribution in [3.05, 3.63) is 28.2 Å². The Morgan fingerprint density at radius 1 is 1.58 bits per heavy atom. The quantitative estimate of drug-likeness (QED) is 0.904. The van der Waals surface area contributed by atoms with Crippen molar-refractivity contribution in [2.45, 2.75) is 26.4 Å². The van der Waals surface area contributed by atoms with Crippen LogP contribution in [-0.4, -0.2) is 36.7 Å². The lowest BCUT2D eigenvalue weighted by molar-refractivity contribution is -0.0134. The zero-order valence-corrected chi connectivity index (χ0v) is 12.9. The van der Waals surface area contributed by atoms with Gasteiger partial charge in [0.15, 0.2) is 0 Å². The smallest absolute Gasteiger partial charge is 0.322 e. The van der Waals surface area contributed by atoms with Gasteiger partial charge in [0.2, 0.25) is 0 Å². The number of amides is 2. The second-order valence-corrected chi connectivity index (χ2v) is 5.61. The molecule has 0 aromatic heterocycles. The summed E-state index contributed by atoms with van der Waals surface area (Å²) in [5, 5.41) is 2.94. The molecule has 1 aliphatic heterocycles. The van der Waals surface area contributed by atoms with Gasteiger partial charge in [0, 0.05) is 17.6 Å². The Bertz CT molecular complexity index is 465. The average molecular weight is 327 g/mol. The molecule has 0 aliphatic carbocycles. The van der Waals surface area contributed by atoms with E-state index < -0.39 is 0 Å². The minimum atomic E-state index is -0.0636. The number of nitrogens with one attached hydrogen (secondary N) is 1. The van der Waals surface area contributed by atoms with Crippen molar-refractivity contribution in [1.82, 2.24) is 4.90 Å². The molecule has 1 saturated heterocycles. The molecule has 1 aromatic carbocycles. The first-order chi connectivity index (χ1) is 9.10. The van der Waals surface area contributed by atoms with E-state index in [9.17, 15) is 4.79 Å². The number of benzene rings is 1. The molecule has 0 saturated carbocycles.